The highest BCUT2D eigenvalue weighted by Crippen LogP contribution is 2.22. The number of carbonyl (C=O) groups excluding carboxylic acids is 1. The van der Waals surface area contributed by atoms with E-state index < -0.39 is 0 Å². The zero-order valence-corrected chi connectivity index (χ0v) is 13.7. The maximum Gasteiger partial charge on any atom is 0.259 e. The summed E-state index contributed by atoms with van der Waals surface area (Å²) in [6.07, 6.45) is 12.2. The lowest BCUT2D eigenvalue weighted by Crippen LogP contribution is -2.46. The largest absolute Gasteiger partial charge is 0.334 e. The summed E-state index contributed by atoms with van der Waals surface area (Å²) in [6, 6.07) is 1.96. The Morgan fingerprint density at radius 1 is 1.29 bits per heavy atom. The third kappa shape index (κ3) is 2.66. The SMILES string of the molecule is Cc1cnn(CC2CCCCN2C(=O)c2cnn3cccnc23)c1. The molecular formula is C17H20N6O. The Bertz CT molecular complexity index is 867. The number of amides is 1. The molecule has 0 radical (unpaired) electrons. The fraction of sp³-hybridized carbons (Fsp3) is 0.412. The van der Waals surface area contributed by atoms with Crippen LogP contribution in [0.4, 0.5) is 0 Å². The summed E-state index contributed by atoms with van der Waals surface area (Å²) in [4.78, 5) is 19.4. The number of hydrogen-bond donors (Lipinski definition) is 0. The molecule has 7 heteroatoms. The van der Waals surface area contributed by atoms with Crippen molar-refractivity contribution in [1.29, 1.82) is 0 Å². The van der Waals surface area contributed by atoms with Gasteiger partial charge in [0.25, 0.3) is 5.91 Å². The maximum atomic E-state index is 13.1. The van der Waals surface area contributed by atoms with E-state index in [4.69, 9.17) is 0 Å². The van der Waals surface area contributed by atoms with E-state index in [1.165, 1.54) is 0 Å². The van der Waals surface area contributed by atoms with E-state index in [1.54, 1.807) is 29.2 Å². The van der Waals surface area contributed by atoms with Crippen LogP contribution in [0.2, 0.25) is 0 Å². The zero-order valence-electron chi connectivity index (χ0n) is 13.7. The molecule has 0 saturated carbocycles. The van der Waals surface area contributed by atoms with Gasteiger partial charge in [-0.1, -0.05) is 0 Å². The molecule has 0 spiro atoms. The third-order valence-corrected chi connectivity index (χ3v) is 4.56. The van der Waals surface area contributed by atoms with Crippen LogP contribution in [0.5, 0.6) is 0 Å². The first kappa shape index (κ1) is 14.9. The molecule has 4 rings (SSSR count). The molecule has 1 atom stereocenters. The molecule has 1 saturated heterocycles. The molecule has 3 aromatic rings. The van der Waals surface area contributed by atoms with Crippen LogP contribution in [0, 0.1) is 6.92 Å². The molecular weight excluding hydrogens is 304 g/mol. The second kappa shape index (κ2) is 6.07. The number of aryl methyl sites for hydroxylation is 1. The first-order valence-electron chi connectivity index (χ1n) is 8.31. The predicted molar refractivity (Wildman–Crippen MR) is 88.6 cm³/mol. The summed E-state index contributed by atoms with van der Waals surface area (Å²) in [7, 11) is 0. The molecule has 24 heavy (non-hydrogen) atoms. The van der Waals surface area contributed by atoms with Crippen LogP contribution in [0.15, 0.2) is 37.1 Å². The van der Waals surface area contributed by atoms with E-state index >= 15 is 0 Å². The summed E-state index contributed by atoms with van der Waals surface area (Å²) < 4.78 is 3.57. The number of carbonyl (C=O) groups is 1. The van der Waals surface area contributed by atoms with Crippen molar-refractivity contribution in [1.82, 2.24) is 29.3 Å². The highest BCUT2D eigenvalue weighted by molar-refractivity contribution is 5.99. The van der Waals surface area contributed by atoms with Crippen LogP contribution in [-0.4, -0.2) is 47.8 Å². The van der Waals surface area contributed by atoms with Gasteiger partial charge in [0.05, 0.1) is 25.0 Å². The molecule has 1 aliphatic heterocycles. The summed E-state index contributed by atoms with van der Waals surface area (Å²) in [5.74, 6) is 0.0114. The average molecular weight is 324 g/mol. The Labute approximate surface area is 139 Å². The molecule has 0 aliphatic carbocycles. The van der Waals surface area contributed by atoms with Crippen molar-refractivity contribution < 1.29 is 4.79 Å². The summed E-state index contributed by atoms with van der Waals surface area (Å²) in [5, 5.41) is 8.60. The number of piperidine rings is 1. The van der Waals surface area contributed by atoms with Crippen LogP contribution in [0.25, 0.3) is 5.65 Å². The third-order valence-electron chi connectivity index (χ3n) is 4.56. The Morgan fingerprint density at radius 3 is 3.04 bits per heavy atom. The van der Waals surface area contributed by atoms with Crippen LogP contribution >= 0.6 is 0 Å². The van der Waals surface area contributed by atoms with Crippen molar-refractivity contribution in [2.45, 2.75) is 38.8 Å². The number of nitrogens with zero attached hydrogens (tertiary/aromatic N) is 6. The van der Waals surface area contributed by atoms with Gasteiger partial charge < -0.3 is 4.90 Å². The van der Waals surface area contributed by atoms with Crippen LogP contribution in [-0.2, 0) is 6.54 Å². The van der Waals surface area contributed by atoms with E-state index in [0.29, 0.717) is 11.2 Å². The van der Waals surface area contributed by atoms with Crippen molar-refractivity contribution in [2.24, 2.45) is 0 Å². The fourth-order valence-corrected chi connectivity index (χ4v) is 3.37. The summed E-state index contributed by atoms with van der Waals surface area (Å²) >= 11 is 0. The highest BCUT2D eigenvalue weighted by Gasteiger charge is 2.29. The van der Waals surface area contributed by atoms with Gasteiger partial charge in [-0.2, -0.15) is 10.2 Å². The first-order valence-corrected chi connectivity index (χ1v) is 8.31. The number of fused-ring (bicyclic) bond motifs is 1. The minimum absolute atomic E-state index is 0.0114. The minimum Gasteiger partial charge on any atom is -0.334 e. The number of likely N-dealkylation sites (tertiary alicyclic amines) is 1. The van der Waals surface area contributed by atoms with Gasteiger partial charge in [-0.3, -0.25) is 9.48 Å². The standard InChI is InChI=1S/C17H20N6O/c1-13-9-19-21(11-13)12-14-5-2-3-7-22(14)17(24)15-10-20-23-8-4-6-18-16(15)23/h4,6,8-11,14H,2-3,5,7,12H2,1H3. The molecule has 1 unspecified atom stereocenters. The minimum atomic E-state index is 0.0114. The Hall–Kier alpha value is -2.70. The number of aromatic nitrogens is 5. The lowest BCUT2D eigenvalue weighted by molar-refractivity contribution is 0.0585. The molecule has 3 aromatic heterocycles. The molecule has 124 valence electrons. The van der Waals surface area contributed by atoms with E-state index in [0.717, 1.165) is 37.9 Å². The van der Waals surface area contributed by atoms with E-state index in [1.807, 2.05) is 28.9 Å². The first-order chi connectivity index (χ1) is 11.7. The highest BCUT2D eigenvalue weighted by atomic mass is 16.2. The van der Waals surface area contributed by atoms with E-state index in [2.05, 4.69) is 15.2 Å². The molecule has 0 aromatic carbocycles. The van der Waals surface area contributed by atoms with E-state index in [9.17, 15) is 4.79 Å². The Balaban J connectivity index is 1.61. The van der Waals surface area contributed by atoms with Gasteiger partial charge in [0.1, 0.15) is 5.56 Å². The molecule has 1 aliphatic rings. The second-order valence-corrected chi connectivity index (χ2v) is 6.33. The van der Waals surface area contributed by atoms with Gasteiger partial charge >= 0.3 is 0 Å². The van der Waals surface area contributed by atoms with Crippen LogP contribution in [0.3, 0.4) is 0 Å². The van der Waals surface area contributed by atoms with Gasteiger partial charge in [0.2, 0.25) is 0 Å². The fourth-order valence-electron chi connectivity index (χ4n) is 3.37. The van der Waals surface area contributed by atoms with Crippen molar-refractivity contribution in [3.05, 3.63) is 48.2 Å². The monoisotopic (exact) mass is 324 g/mol. The molecule has 1 fully saturated rings. The Kier molecular flexibility index (Phi) is 3.76. The van der Waals surface area contributed by atoms with Gasteiger partial charge in [0.15, 0.2) is 5.65 Å². The van der Waals surface area contributed by atoms with Gasteiger partial charge in [-0.25, -0.2) is 9.50 Å². The topological polar surface area (TPSA) is 68.3 Å². The van der Waals surface area contributed by atoms with Crippen molar-refractivity contribution in [3.8, 4) is 0 Å². The van der Waals surface area contributed by atoms with Crippen molar-refractivity contribution in [2.75, 3.05) is 6.54 Å². The number of hydrogen-bond acceptors (Lipinski definition) is 4. The molecule has 0 N–H and O–H groups in total. The van der Waals surface area contributed by atoms with Crippen molar-refractivity contribution in [3.63, 3.8) is 0 Å². The predicted octanol–water partition coefficient (Wildman–Crippen LogP) is 1.93. The second-order valence-electron chi connectivity index (χ2n) is 6.33. The van der Waals surface area contributed by atoms with Gasteiger partial charge in [-0.05, 0) is 37.8 Å². The van der Waals surface area contributed by atoms with Gasteiger partial charge in [-0.15, -0.1) is 0 Å². The lowest BCUT2D eigenvalue weighted by Gasteiger charge is -2.35. The maximum absolute atomic E-state index is 13.1. The summed E-state index contributed by atoms with van der Waals surface area (Å²) in [6.45, 7) is 3.53. The number of rotatable bonds is 3. The van der Waals surface area contributed by atoms with Crippen LogP contribution in [0.1, 0.15) is 35.2 Å². The zero-order chi connectivity index (χ0) is 16.5. The molecule has 1 amide bonds. The van der Waals surface area contributed by atoms with Crippen molar-refractivity contribution >= 4 is 11.6 Å². The molecule has 4 heterocycles. The molecule has 0 bridgehead atoms. The van der Waals surface area contributed by atoms with Gasteiger partial charge in [0, 0.05) is 25.1 Å². The smallest absolute Gasteiger partial charge is 0.259 e. The average Bonchev–Trinajstić information content (AvgIpc) is 3.21. The van der Waals surface area contributed by atoms with E-state index in [-0.39, 0.29) is 11.9 Å². The normalized spacial score (nSPS) is 18.2. The summed E-state index contributed by atoms with van der Waals surface area (Å²) in [5.41, 5.74) is 2.32. The van der Waals surface area contributed by atoms with Crippen LogP contribution < -0.4 is 0 Å². The molecule has 7 nitrogen and oxygen atoms in total. The quantitative estimate of drug-likeness (QED) is 0.738. The Morgan fingerprint density at radius 2 is 2.21 bits per heavy atom. The lowest BCUT2D eigenvalue weighted by atomic mass is 10.0.